The lowest BCUT2D eigenvalue weighted by Crippen LogP contribution is -2.02. The molecule has 0 aliphatic rings. The highest BCUT2D eigenvalue weighted by molar-refractivity contribution is 6.09. The molecule has 0 aliphatic heterocycles. The van der Waals surface area contributed by atoms with E-state index in [2.05, 4.69) is 13.8 Å². The Kier molecular flexibility index (Phi) is 4.57. The van der Waals surface area contributed by atoms with Gasteiger partial charge in [0.25, 0.3) is 0 Å². The number of ether oxygens (including phenoxy) is 1. The molecule has 0 fully saturated rings. The van der Waals surface area contributed by atoms with Gasteiger partial charge in [0.2, 0.25) is 0 Å². The molecule has 104 valence electrons. The topological polar surface area (TPSA) is 26.3 Å². The van der Waals surface area contributed by atoms with Crippen LogP contribution in [0.3, 0.4) is 0 Å². The van der Waals surface area contributed by atoms with E-state index in [-0.39, 0.29) is 5.78 Å². The third-order valence-corrected chi connectivity index (χ3v) is 3.21. The Hall–Kier alpha value is -2.09. The minimum Gasteiger partial charge on any atom is -0.497 e. The van der Waals surface area contributed by atoms with Gasteiger partial charge in [-0.15, -0.1) is 0 Å². The quantitative estimate of drug-likeness (QED) is 0.762. The first-order valence-corrected chi connectivity index (χ1v) is 6.88. The Bertz CT molecular complexity index is 565. The van der Waals surface area contributed by atoms with E-state index >= 15 is 0 Å². The van der Waals surface area contributed by atoms with Crippen LogP contribution in [0, 0.1) is 5.92 Å². The predicted octanol–water partition coefficient (Wildman–Crippen LogP) is 4.12. The van der Waals surface area contributed by atoms with Gasteiger partial charge < -0.3 is 4.74 Å². The fourth-order valence-corrected chi connectivity index (χ4v) is 2.17. The lowest BCUT2D eigenvalue weighted by molar-refractivity contribution is 0.103. The number of ketones is 1. The molecular weight excluding hydrogens is 248 g/mol. The van der Waals surface area contributed by atoms with E-state index in [1.807, 2.05) is 24.3 Å². The van der Waals surface area contributed by atoms with Crippen LogP contribution in [0.1, 0.15) is 35.3 Å². The molecule has 0 bridgehead atoms. The van der Waals surface area contributed by atoms with Crippen LogP contribution in [0.4, 0.5) is 0 Å². The average Bonchev–Trinajstić information content (AvgIpc) is 2.47. The molecule has 0 unspecified atom stereocenters. The summed E-state index contributed by atoms with van der Waals surface area (Å²) in [4.78, 5) is 12.3. The number of methoxy groups -OCH3 is 1. The fraction of sp³-hybridized carbons (Fsp3) is 0.278. The average molecular weight is 268 g/mol. The van der Waals surface area contributed by atoms with E-state index in [4.69, 9.17) is 4.74 Å². The van der Waals surface area contributed by atoms with Gasteiger partial charge in [-0.2, -0.15) is 0 Å². The van der Waals surface area contributed by atoms with Crippen LogP contribution in [0.25, 0.3) is 0 Å². The number of carbonyl (C=O) groups excluding carboxylic acids is 1. The molecule has 0 aromatic heterocycles. The van der Waals surface area contributed by atoms with Crippen LogP contribution in [0.15, 0.2) is 48.5 Å². The van der Waals surface area contributed by atoms with Crippen LogP contribution in [0.2, 0.25) is 0 Å². The van der Waals surface area contributed by atoms with Crippen molar-refractivity contribution in [1.82, 2.24) is 0 Å². The number of rotatable bonds is 5. The van der Waals surface area contributed by atoms with Crippen molar-refractivity contribution in [3.05, 3.63) is 65.2 Å². The van der Waals surface area contributed by atoms with E-state index < -0.39 is 0 Å². The Morgan fingerprint density at radius 2 is 1.45 bits per heavy atom. The van der Waals surface area contributed by atoms with Crippen LogP contribution < -0.4 is 4.74 Å². The maximum atomic E-state index is 12.3. The molecular formula is C18H20O2. The van der Waals surface area contributed by atoms with Crippen molar-refractivity contribution in [2.75, 3.05) is 7.11 Å². The molecule has 2 aromatic rings. The van der Waals surface area contributed by atoms with Gasteiger partial charge in [0.05, 0.1) is 7.11 Å². The monoisotopic (exact) mass is 268 g/mol. The molecule has 2 rings (SSSR count). The van der Waals surface area contributed by atoms with Crippen molar-refractivity contribution in [3.8, 4) is 5.75 Å². The SMILES string of the molecule is COc1ccc(C(=O)c2ccc(CC(C)C)cc2)cc1. The first-order valence-electron chi connectivity index (χ1n) is 6.88. The maximum absolute atomic E-state index is 12.3. The van der Waals surface area contributed by atoms with Gasteiger partial charge in [0, 0.05) is 11.1 Å². The summed E-state index contributed by atoms with van der Waals surface area (Å²) in [6.45, 7) is 4.38. The Morgan fingerprint density at radius 1 is 0.950 bits per heavy atom. The maximum Gasteiger partial charge on any atom is 0.193 e. The molecule has 0 spiro atoms. The van der Waals surface area contributed by atoms with E-state index in [0.29, 0.717) is 11.5 Å². The van der Waals surface area contributed by atoms with Crippen LogP contribution in [0.5, 0.6) is 5.75 Å². The highest BCUT2D eigenvalue weighted by Crippen LogP contribution is 2.16. The third-order valence-electron chi connectivity index (χ3n) is 3.21. The van der Waals surface area contributed by atoms with Gasteiger partial charge in [-0.1, -0.05) is 38.1 Å². The minimum atomic E-state index is 0.0451. The van der Waals surface area contributed by atoms with E-state index in [9.17, 15) is 4.79 Å². The molecule has 0 saturated carbocycles. The highest BCUT2D eigenvalue weighted by Gasteiger charge is 2.09. The van der Waals surface area contributed by atoms with Crippen molar-refractivity contribution in [2.45, 2.75) is 20.3 Å². The molecule has 0 saturated heterocycles. The number of benzene rings is 2. The molecule has 0 atom stereocenters. The molecule has 0 radical (unpaired) electrons. The predicted molar refractivity (Wildman–Crippen MR) is 81.4 cm³/mol. The van der Waals surface area contributed by atoms with Gasteiger partial charge in [0.15, 0.2) is 5.78 Å². The molecule has 20 heavy (non-hydrogen) atoms. The van der Waals surface area contributed by atoms with Crippen molar-refractivity contribution >= 4 is 5.78 Å². The van der Waals surface area contributed by atoms with Gasteiger partial charge in [-0.05, 0) is 42.2 Å². The Balaban J connectivity index is 2.15. The van der Waals surface area contributed by atoms with Crippen LogP contribution in [-0.2, 0) is 6.42 Å². The Labute approximate surface area is 120 Å². The summed E-state index contributed by atoms with van der Waals surface area (Å²) >= 11 is 0. The summed E-state index contributed by atoms with van der Waals surface area (Å²) in [5, 5.41) is 0. The second kappa shape index (κ2) is 6.38. The van der Waals surface area contributed by atoms with Gasteiger partial charge in [-0.3, -0.25) is 4.79 Å². The first-order chi connectivity index (χ1) is 9.60. The summed E-state index contributed by atoms with van der Waals surface area (Å²) in [6, 6.07) is 15.1. The second-order valence-electron chi connectivity index (χ2n) is 5.35. The lowest BCUT2D eigenvalue weighted by Gasteiger charge is -2.06. The summed E-state index contributed by atoms with van der Waals surface area (Å²) in [7, 11) is 1.62. The summed E-state index contributed by atoms with van der Waals surface area (Å²) < 4.78 is 5.10. The van der Waals surface area contributed by atoms with Crippen molar-refractivity contribution in [2.24, 2.45) is 5.92 Å². The zero-order valence-corrected chi connectivity index (χ0v) is 12.2. The summed E-state index contributed by atoms with van der Waals surface area (Å²) in [6.07, 6.45) is 1.04. The second-order valence-corrected chi connectivity index (χ2v) is 5.35. The van der Waals surface area contributed by atoms with Crippen LogP contribution in [-0.4, -0.2) is 12.9 Å². The van der Waals surface area contributed by atoms with E-state index in [1.165, 1.54) is 5.56 Å². The zero-order chi connectivity index (χ0) is 14.5. The zero-order valence-electron chi connectivity index (χ0n) is 12.2. The summed E-state index contributed by atoms with van der Waals surface area (Å²) in [5.74, 6) is 1.43. The fourth-order valence-electron chi connectivity index (χ4n) is 2.17. The van der Waals surface area contributed by atoms with Crippen molar-refractivity contribution < 1.29 is 9.53 Å². The molecule has 0 heterocycles. The molecule has 2 heteroatoms. The lowest BCUT2D eigenvalue weighted by atomic mass is 9.98. The molecule has 0 amide bonds. The third kappa shape index (κ3) is 3.47. The molecule has 2 nitrogen and oxygen atoms in total. The standard InChI is InChI=1S/C18H20O2/c1-13(2)12-14-4-6-15(7-5-14)18(19)16-8-10-17(20-3)11-9-16/h4-11,13H,12H2,1-3H3. The minimum absolute atomic E-state index is 0.0451. The molecule has 0 aliphatic carbocycles. The van der Waals surface area contributed by atoms with Crippen molar-refractivity contribution in [1.29, 1.82) is 0 Å². The summed E-state index contributed by atoms with van der Waals surface area (Å²) in [5.41, 5.74) is 2.68. The Morgan fingerprint density at radius 3 is 1.90 bits per heavy atom. The normalized spacial score (nSPS) is 10.6. The molecule has 2 aromatic carbocycles. The number of hydrogen-bond donors (Lipinski definition) is 0. The van der Waals surface area contributed by atoms with Crippen LogP contribution >= 0.6 is 0 Å². The van der Waals surface area contributed by atoms with Crippen molar-refractivity contribution in [3.63, 3.8) is 0 Å². The van der Waals surface area contributed by atoms with Gasteiger partial charge in [0.1, 0.15) is 5.75 Å². The first kappa shape index (κ1) is 14.3. The number of carbonyl (C=O) groups is 1. The smallest absolute Gasteiger partial charge is 0.193 e. The molecule has 0 N–H and O–H groups in total. The number of hydrogen-bond acceptors (Lipinski definition) is 2. The van der Waals surface area contributed by atoms with E-state index in [1.54, 1.807) is 31.4 Å². The van der Waals surface area contributed by atoms with Gasteiger partial charge in [-0.25, -0.2) is 0 Å². The van der Waals surface area contributed by atoms with E-state index in [0.717, 1.165) is 17.7 Å². The van der Waals surface area contributed by atoms with Gasteiger partial charge >= 0.3 is 0 Å². The highest BCUT2D eigenvalue weighted by atomic mass is 16.5. The largest absolute Gasteiger partial charge is 0.497 e.